The van der Waals surface area contributed by atoms with Crippen LogP contribution in [-0.4, -0.2) is 50.1 Å². The molecule has 0 aliphatic rings. The Bertz CT molecular complexity index is 554. The van der Waals surface area contributed by atoms with E-state index in [1.807, 2.05) is 0 Å². The molecular weight excluding hydrogens is 256 g/mol. The van der Waals surface area contributed by atoms with Crippen LogP contribution in [0.25, 0.3) is 0 Å². The molecule has 0 aliphatic carbocycles. The average Bonchev–Trinajstić information content (AvgIpc) is 2.24. The van der Waals surface area contributed by atoms with E-state index >= 15 is 0 Å². The highest BCUT2D eigenvalue weighted by molar-refractivity contribution is 7.90. The van der Waals surface area contributed by atoms with E-state index in [-0.39, 0.29) is 11.3 Å². The normalized spacial score (nSPS) is 11.3. The highest BCUT2D eigenvalue weighted by Crippen LogP contribution is 2.16. The fourth-order valence-corrected chi connectivity index (χ4v) is 2.10. The van der Waals surface area contributed by atoms with E-state index in [9.17, 15) is 13.2 Å². The van der Waals surface area contributed by atoms with Crippen LogP contribution in [0.1, 0.15) is 15.9 Å². The lowest BCUT2D eigenvalue weighted by Gasteiger charge is -2.19. The summed E-state index contributed by atoms with van der Waals surface area (Å²) in [4.78, 5) is 16.5. The first-order valence-corrected chi connectivity index (χ1v) is 7.35. The van der Waals surface area contributed by atoms with Crippen molar-refractivity contribution in [3.8, 4) is 0 Å². The van der Waals surface area contributed by atoms with E-state index in [2.05, 4.69) is 4.98 Å². The molecule has 1 N–H and O–H groups in total. The second kappa shape index (κ2) is 5.34. The van der Waals surface area contributed by atoms with Crippen LogP contribution in [0.2, 0.25) is 0 Å². The van der Waals surface area contributed by atoms with Gasteiger partial charge in [-0.3, -0.25) is 0 Å². The summed E-state index contributed by atoms with van der Waals surface area (Å²) >= 11 is 0. The Morgan fingerprint density at radius 3 is 2.56 bits per heavy atom. The molecule has 1 aromatic rings. The number of aromatic nitrogens is 1. The summed E-state index contributed by atoms with van der Waals surface area (Å²) in [6, 6.07) is 1.52. The number of sulfone groups is 1. The van der Waals surface area contributed by atoms with Gasteiger partial charge in [0.2, 0.25) is 0 Å². The van der Waals surface area contributed by atoms with Crippen molar-refractivity contribution in [1.29, 1.82) is 0 Å². The number of hydrogen-bond acceptors (Lipinski definition) is 5. The number of anilines is 1. The summed E-state index contributed by atoms with van der Waals surface area (Å²) < 4.78 is 22.1. The van der Waals surface area contributed by atoms with Gasteiger partial charge in [0.05, 0.1) is 11.3 Å². The van der Waals surface area contributed by atoms with Crippen molar-refractivity contribution in [2.24, 2.45) is 0 Å². The molecule has 0 fully saturated rings. The second-order valence-electron chi connectivity index (χ2n) is 4.22. The van der Waals surface area contributed by atoms with Gasteiger partial charge in [-0.15, -0.1) is 0 Å². The molecule has 0 amide bonds. The zero-order chi connectivity index (χ0) is 13.9. The molecule has 6 nitrogen and oxygen atoms in total. The molecule has 0 radical (unpaired) electrons. The molecule has 1 rings (SSSR count). The Morgan fingerprint density at radius 2 is 2.11 bits per heavy atom. The highest BCUT2D eigenvalue weighted by atomic mass is 32.2. The molecule has 0 aliphatic heterocycles. The minimum atomic E-state index is -3.03. The number of aryl methyl sites for hydroxylation is 1. The summed E-state index contributed by atoms with van der Waals surface area (Å²) in [6.45, 7) is 2.06. The van der Waals surface area contributed by atoms with E-state index in [0.29, 0.717) is 17.9 Å². The quantitative estimate of drug-likeness (QED) is 0.843. The zero-order valence-electron chi connectivity index (χ0n) is 10.5. The topological polar surface area (TPSA) is 87.6 Å². The average molecular weight is 272 g/mol. The van der Waals surface area contributed by atoms with E-state index < -0.39 is 15.8 Å². The third-order valence-electron chi connectivity index (χ3n) is 2.46. The number of pyridine rings is 1. The van der Waals surface area contributed by atoms with Gasteiger partial charge < -0.3 is 10.0 Å². The fraction of sp³-hybridized carbons (Fsp3) is 0.455. The molecule has 7 heteroatoms. The Balaban J connectivity index is 2.87. The van der Waals surface area contributed by atoms with E-state index in [0.717, 1.165) is 0 Å². The number of hydrogen-bond donors (Lipinski definition) is 1. The predicted octanol–water partition coefficient (Wildman–Crippen LogP) is 0.569. The lowest BCUT2D eigenvalue weighted by molar-refractivity contribution is 0.0696. The monoisotopic (exact) mass is 272 g/mol. The summed E-state index contributed by atoms with van der Waals surface area (Å²) in [6.07, 6.45) is 2.44. The second-order valence-corrected chi connectivity index (χ2v) is 6.48. The van der Waals surface area contributed by atoms with Crippen LogP contribution < -0.4 is 4.90 Å². The first kappa shape index (κ1) is 14.4. The standard InChI is InChI=1S/C11H16N2O4S/c1-8-6-9(11(14)15)7-12-10(8)13(2)4-5-18(3,16)17/h6-7H,4-5H2,1-3H3,(H,14,15). The van der Waals surface area contributed by atoms with Crippen molar-refractivity contribution in [3.63, 3.8) is 0 Å². The van der Waals surface area contributed by atoms with Crippen molar-refractivity contribution in [3.05, 3.63) is 23.4 Å². The van der Waals surface area contributed by atoms with Gasteiger partial charge in [-0.1, -0.05) is 0 Å². The number of rotatable bonds is 5. The summed E-state index contributed by atoms with van der Waals surface area (Å²) in [5.74, 6) is -0.412. The van der Waals surface area contributed by atoms with Crippen LogP contribution in [0, 0.1) is 6.92 Å². The first-order chi connectivity index (χ1) is 8.20. The van der Waals surface area contributed by atoms with Crippen LogP contribution in [0.4, 0.5) is 5.82 Å². The number of carboxylic acid groups (broad SMARTS) is 1. The minimum absolute atomic E-state index is 0.0330. The largest absolute Gasteiger partial charge is 0.478 e. The third kappa shape index (κ3) is 3.99. The van der Waals surface area contributed by atoms with E-state index in [1.54, 1.807) is 18.9 Å². The van der Waals surface area contributed by atoms with E-state index in [1.165, 1.54) is 18.5 Å². The Kier molecular flexibility index (Phi) is 4.28. The first-order valence-electron chi connectivity index (χ1n) is 5.29. The molecule has 1 aromatic heterocycles. The van der Waals surface area contributed by atoms with Gasteiger partial charge in [-0.25, -0.2) is 18.2 Å². The molecule has 0 unspecified atom stereocenters. The van der Waals surface area contributed by atoms with Gasteiger partial charge in [0.25, 0.3) is 0 Å². The smallest absolute Gasteiger partial charge is 0.337 e. The molecule has 0 bridgehead atoms. The predicted molar refractivity (Wildman–Crippen MR) is 68.9 cm³/mol. The molecule has 0 saturated heterocycles. The van der Waals surface area contributed by atoms with Crippen LogP contribution in [0.3, 0.4) is 0 Å². The molecule has 18 heavy (non-hydrogen) atoms. The third-order valence-corrected chi connectivity index (χ3v) is 3.38. The van der Waals surface area contributed by atoms with Gasteiger partial charge >= 0.3 is 5.97 Å². The highest BCUT2D eigenvalue weighted by Gasteiger charge is 2.12. The fourth-order valence-electron chi connectivity index (χ4n) is 1.49. The summed E-state index contributed by atoms with van der Waals surface area (Å²) in [7, 11) is -1.30. The van der Waals surface area contributed by atoms with Crippen molar-refractivity contribution in [2.75, 3.05) is 30.5 Å². The van der Waals surface area contributed by atoms with Crippen LogP contribution in [0.15, 0.2) is 12.3 Å². The Labute approximate surface area is 106 Å². The van der Waals surface area contributed by atoms with Gasteiger partial charge in [0.1, 0.15) is 15.7 Å². The van der Waals surface area contributed by atoms with Crippen molar-refractivity contribution >= 4 is 21.6 Å². The molecule has 0 spiro atoms. The molecule has 0 saturated carbocycles. The number of aromatic carboxylic acids is 1. The molecule has 0 atom stereocenters. The minimum Gasteiger partial charge on any atom is -0.478 e. The van der Waals surface area contributed by atoms with Crippen molar-refractivity contribution < 1.29 is 18.3 Å². The maximum absolute atomic E-state index is 11.1. The number of carbonyl (C=O) groups is 1. The van der Waals surface area contributed by atoms with Gasteiger partial charge in [0, 0.05) is 26.0 Å². The van der Waals surface area contributed by atoms with Crippen LogP contribution in [0.5, 0.6) is 0 Å². The lowest BCUT2D eigenvalue weighted by Crippen LogP contribution is -2.26. The number of nitrogens with zero attached hydrogens (tertiary/aromatic N) is 2. The van der Waals surface area contributed by atoms with Crippen LogP contribution in [-0.2, 0) is 9.84 Å². The van der Waals surface area contributed by atoms with Crippen molar-refractivity contribution in [1.82, 2.24) is 4.98 Å². The van der Waals surface area contributed by atoms with Crippen LogP contribution >= 0.6 is 0 Å². The summed E-state index contributed by atoms with van der Waals surface area (Å²) in [5.41, 5.74) is 0.818. The number of carboxylic acids is 1. The molecule has 0 aromatic carbocycles. The Morgan fingerprint density at radius 1 is 1.50 bits per heavy atom. The molecular formula is C11H16N2O4S. The molecule has 100 valence electrons. The SMILES string of the molecule is Cc1cc(C(=O)O)cnc1N(C)CCS(C)(=O)=O. The molecule has 1 heterocycles. The lowest BCUT2D eigenvalue weighted by atomic mass is 10.2. The zero-order valence-corrected chi connectivity index (χ0v) is 11.4. The maximum atomic E-state index is 11.1. The van der Waals surface area contributed by atoms with Crippen molar-refractivity contribution in [2.45, 2.75) is 6.92 Å². The van der Waals surface area contributed by atoms with Gasteiger partial charge in [-0.2, -0.15) is 0 Å². The van der Waals surface area contributed by atoms with Gasteiger partial charge in [0.15, 0.2) is 0 Å². The van der Waals surface area contributed by atoms with Gasteiger partial charge in [-0.05, 0) is 18.6 Å². The Hall–Kier alpha value is -1.63. The maximum Gasteiger partial charge on any atom is 0.337 e. The summed E-state index contributed by atoms with van der Waals surface area (Å²) in [5, 5.41) is 8.82. The van der Waals surface area contributed by atoms with E-state index in [4.69, 9.17) is 5.11 Å².